The van der Waals surface area contributed by atoms with Crippen LogP contribution in [-0.2, 0) is 6.42 Å². The first-order chi connectivity index (χ1) is 14.8. The highest BCUT2D eigenvalue weighted by Gasteiger charge is 2.20. The van der Waals surface area contributed by atoms with E-state index in [2.05, 4.69) is 28.9 Å². The van der Waals surface area contributed by atoms with Gasteiger partial charge in [0.1, 0.15) is 11.6 Å². The summed E-state index contributed by atoms with van der Waals surface area (Å²) in [4.78, 5) is 9.80. The maximum atomic E-state index is 14.8. The van der Waals surface area contributed by atoms with Crippen LogP contribution in [0.5, 0.6) is 0 Å². The van der Waals surface area contributed by atoms with E-state index >= 15 is 0 Å². The van der Waals surface area contributed by atoms with Gasteiger partial charge in [0.05, 0.1) is 11.3 Å². The number of aromatic nitrogens is 1. The molecule has 32 heavy (non-hydrogen) atoms. The number of rotatable bonds is 6. The van der Waals surface area contributed by atoms with E-state index in [1.807, 2.05) is 30.3 Å². The summed E-state index contributed by atoms with van der Waals surface area (Å²) >= 11 is 0. The lowest BCUT2D eigenvalue weighted by Crippen LogP contribution is -2.46. The fourth-order valence-electron chi connectivity index (χ4n) is 4.20. The number of fused-ring (bicyclic) bond motifs is 1. The zero-order valence-electron chi connectivity index (χ0n) is 19.1. The van der Waals surface area contributed by atoms with Gasteiger partial charge in [-0.1, -0.05) is 43.3 Å². The quantitative estimate of drug-likeness (QED) is 0.544. The lowest BCUT2D eigenvalue weighted by atomic mass is 9.97. The second-order valence-electron chi connectivity index (χ2n) is 9.09. The van der Waals surface area contributed by atoms with Gasteiger partial charge in [-0.05, 0) is 56.3 Å². The minimum atomic E-state index is -0.804. The molecule has 0 radical (unpaired) electrons. The summed E-state index contributed by atoms with van der Waals surface area (Å²) in [7, 11) is 0. The van der Waals surface area contributed by atoms with Crippen LogP contribution < -0.4 is 4.90 Å². The van der Waals surface area contributed by atoms with Crippen LogP contribution in [0.1, 0.15) is 32.8 Å². The molecule has 6 heteroatoms. The fourth-order valence-corrected chi connectivity index (χ4v) is 4.20. The number of pyridine rings is 1. The molecule has 0 aliphatic carbocycles. The highest BCUT2D eigenvalue weighted by molar-refractivity contribution is 5.95. The van der Waals surface area contributed by atoms with Gasteiger partial charge in [-0.15, -0.1) is 12.4 Å². The van der Waals surface area contributed by atoms with Gasteiger partial charge in [0.15, 0.2) is 0 Å². The van der Waals surface area contributed by atoms with E-state index in [0.29, 0.717) is 18.4 Å². The van der Waals surface area contributed by atoms with Gasteiger partial charge in [0, 0.05) is 37.1 Å². The highest BCUT2D eigenvalue weighted by atomic mass is 35.5. The van der Waals surface area contributed by atoms with Crippen molar-refractivity contribution in [2.75, 3.05) is 37.6 Å². The zero-order valence-corrected chi connectivity index (χ0v) is 20.0. The SMILES string of the molecule is CCN1CCN(c2nc(-c3ccc(CCC(C)(C)O)c(F)c3)cc3ccccc23)CC1.Cl. The average Bonchev–Trinajstić information content (AvgIpc) is 2.77. The second-order valence-corrected chi connectivity index (χ2v) is 9.09. The number of piperazine rings is 1. The van der Waals surface area contributed by atoms with Crippen molar-refractivity contribution in [1.29, 1.82) is 0 Å². The first kappa shape index (κ1) is 24.4. The van der Waals surface area contributed by atoms with E-state index in [1.54, 1.807) is 19.9 Å². The van der Waals surface area contributed by atoms with Gasteiger partial charge in [-0.3, -0.25) is 0 Å². The number of nitrogens with zero attached hydrogens (tertiary/aromatic N) is 3. The topological polar surface area (TPSA) is 39.6 Å². The molecule has 172 valence electrons. The average molecular weight is 458 g/mol. The Morgan fingerprint density at radius 3 is 2.41 bits per heavy atom. The Morgan fingerprint density at radius 1 is 1.03 bits per heavy atom. The normalized spacial score (nSPS) is 15.1. The monoisotopic (exact) mass is 457 g/mol. The summed E-state index contributed by atoms with van der Waals surface area (Å²) in [5.74, 6) is 0.741. The molecule has 0 bridgehead atoms. The first-order valence-electron chi connectivity index (χ1n) is 11.2. The molecular formula is C26H33ClFN3O. The molecule has 2 heterocycles. The second kappa shape index (κ2) is 10.2. The number of hydrogen-bond acceptors (Lipinski definition) is 4. The molecule has 1 aliphatic rings. The standard InChI is InChI=1S/C26H32FN3O.ClH/c1-4-29-13-15-30(16-14-29)25-22-8-6-5-7-20(22)18-24(28-25)21-10-9-19(23(27)17-21)11-12-26(2,3)31;/h5-10,17-18,31H,4,11-16H2,1-3H3;1H. The van der Waals surface area contributed by atoms with Crippen molar-refractivity contribution >= 4 is 29.0 Å². The maximum absolute atomic E-state index is 14.8. The molecule has 1 aliphatic heterocycles. The Balaban J connectivity index is 0.00000289. The number of halogens is 2. The summed E-state index contributed by atoms with van der Waals surface area (Å²) in [6.45, 7) is 10.7. The molecule has 0 amide bonds. The Labute approximate surface area is 196 Å². The fraction of sp³-hybridized carbons (Fsp3) is 0.423. The smallest absolute Gasteiger partial charge is 0.137 e. The number of aryl methyl sites for hydroxylation is 1. The van der Waals surface area contributed by atoms with E-state index in [1.165, 1.54) is 0 Å². The van der Waals surface area contributed by atoms with Crippen molar-refractivity contribution in [3.05, 3.63) is 59.9 Å². The van der Waals surface area contributed by atoms with Gasteiger partial charge in [-0.25, -0.2) is 9.37 Å². The summed E-state index contributed by atoms with van der Waals surface area (Å²) in [6, 6.07) is 15.7. The van der Waals surface area contributed by atoms with Crippen LogP contribution in [0.3, 0.4) is 0 Å². The molecule has 1 aromatic heterocycles. The lowest BCUT2D eigenvalue weighted by Gasteiger charge is -2.35. The molecule has 3 aromatic rings. The number of aliphatic hydroxyl groups is 1. The van der Waals surface area contributed by atoms with Crippen molar-refractivity contribution in [3.63, 3.8) is 0 Å². The van der Waals surface area contributed by atoms with Gasteiger partial charge in [-0.2, -0.15) is 0 Å². The van der Waals surface area contributed by atoms with E-state index < -0.39 is 5.60 Å². The maximum Gasteiger partial charge on any atom is 0.137 e. The molecule has 2 aromatic carbocycles. The van der Waals surface area contributed by atoms with Crippen molar-refractivity contribution in [2.45, 2.75) is 39.2 Å². The third kappa shape index (κ3) is 5.58. The van der Waals surface area contributed by atoms with Crippen molar-refractivity contribution in [3.8, 4) is 11.3 Å². The Kier molecular flexibility index (Phi) is 7.75. The van der Waals surface area contributed by atoms with E-state index in [9.17, 15) is 9.50 Å². The van der Waals surface area contributed by atoms with E-state index in [0.717, 1.165) is 60.6 Å². The molecule has 1 saturated heterocycles. The van der Waals surface area contributed by atoms with Gasteiger partial charge in [0.2, 0.25) is 0 Å². The highest BCUT2D eigenvalue weighted by Crippen LogP contribution is 2.31. The predicted octanol–water partition coefficient (Wildman–Crippen LogP) is 5.31. The summed E-state index contributed by atoms with van der Waals surface area (Å²) < 4.78 is 14.8. The van der Waals surface area contributed by atoms with Crippen LogP contribution in [-0.4, -0.2) is 53.3 Å². The summed E-state index contributed by atoms with van der Waals surface area (Å²) in [5.41, 5.74) is 1.40. The van der Waals surface area contributed by atoms with E-state index in [-0.39, 0.29) is 18.2 Å². The van der Waals surface area contributed by atoms with Crippen LogP contribution >= 0.6 is 12.4 Å². The first-order valence-corrected chi connectivity index (χ1v) is 11.2. The van der Waals surface area contributed by atoms with Gasteiger partial charge in [0.25, 0.3) is 0 Å². The number of hydrogen-bond donors (Lipinski definition) is 1. The molecule has 1 fully saturated rings. The Morgan fingerprint density at radius 2 is 1.75 bits per heavy atom. The van der Waals surface area contributed by atoms with Gasteiger partial charge < -0.3 is 14.9 Å². The van der Waals surface area contributed by atoms with Crippen LogP contribution in [0.15, 0.2) is 48.5 Å². The lowest BCUT2D eigenvalue weighted by molar-refractivity contribution is 0.0712. The van der Waals surface area contributed by atoms with Crippen molar-refractivity contribution < 1.29 is 9.50 Å². The van der Waals surface area contributed by atoms with Crippen LogP contribution in [0.4, 0.5) is 10.2 Å². The number of anilines is 1. The molecular weight excluding hydrogens is 425 g/mol. The zero-order chi connectivity index (χ0) is 22.0. The van der Waals surface area contributed by atoms with Crippen LogP contribution in [0.2, 0.25) is 0 Å². The third-order valence-electron chi connectivity index (χ3n) is 6.19. The molecule has 1 N–H and O–H groups in total. The molecule has 4 rings (SSSR count). The van der Waals surface area contributed by atoms with Crippen LogP contribution in [0, 0.1) is 5.82 Å². The minimum Gasteiger partial charge on any atom is -0.390 e. The molecule has 0 atom stereocenters. The predicted molar refractivity (Wildman–Crippen MR) is 133 cm³/mol. The number of likely N-dealkylation sites (N-methyl/N-ethyl adjacent to an activating group) is 1. The Bertz CT molecular complexity index is 1060. The molecule has 0 spiro atoms. The summed E-state index contributed by atoms with van der Waals surface area (Å²) in [5, 5.41) is 12.2. The van der Waals surface area contributed by atoms with Gasteiger partial charge >= 0.3 is 0 Å². The van der Waals surface area contributed by atoms with Crippen molar-refractivity contribution in [1.82, 2.24) is 9.88 Å². The number of benzene rings is 2. The van der Waals surface area contributed by atoms with E-state index in [4.69, 9.17) is 4.98 Å². The minimum absolute atomic E-state index is 0. The third-order valence-corrected chi connectivity index (χ3v) is 6.19. The van der Waals surface area contributed by atoms with Crippen molar-refractivity contribution in [2.24, 2.45) is 0 Å². The summed E-state index contributed by atoms with van der Waals surface area (Å²) in [6.07, 6.45) is 1.03. The Hall–Kier alpha value is -2.21. The molecule has 0 unspecified atom stereocenters. The molecule has 0 saturated carbocycles. The van der Waals surface area contributed by atoms with Crippen LogP contribution in [0.25, 0.3) is 22.0 Å². The largest absolute Gasteiger partial charge is 0.390 e. The molecule has 4 nitrogen and oxygen atoms in total.